The number of methoxy groups -OCH3 is 1. The Morgan fingerprint density at radius 3 is 2.38 bits per heavy atom. The van der Waals surface area contributed by atoms with Gasteiger partial charge in [0.25, 0.3) is 11.6 Å². The summed E-state index contributed by atoms with van der Waals surface area (Å²) >= 11 is 6.21. The number of nitro benzene ring substituents is 2. The maximum atomic E-state index is 12.8. The summed E-state index contributed by atoms with van der Waals surface area (Å²) in [7, 11) is 1.25. The van der Waals surface area contributed by atoms with Gasteiger partial charge in [-0.15, -0.1) is 0 Å². The number of ether oxygens (including phenoxy) is 1. The summed E-state index contributed by atoms with van der Waals surface area (Å²) in [5.41, 5.74) is -0.0778. The van der Waals surface area contributed by atoms with E-state index < -0.39 is 27.2 Å². The normalized spacial score (nSPS) is 15.1. The van der Waals surface area contributed by atoms with Crippen molar-refractivity contribution in [2.75, 3.05) is 12.0 Å². The minimum atomic E-state index is -0.767. The molecule has 1 amide bonds. The number of amides is 1. The van der Waals surface area contributed by atoms with E-state index in [9.17, 15) is 30.1 Å². The first-order valence-electron chi connectivity index (χ1n) is 7.80. The predicted octanol–water partition coefficient (Wildman–Crippen LogP) is 3.62. The first-order valence-corrected chi connectivity index (χ1v) is 9.03. The van der Waals surface area contributed by atoms with E-state index in [1.54, 1.807) is 0 Å². The summed E-state index contributed by atoms with van der Waals surface area (Å²) in [6.45, 7) is 0. The standard InChI is InChI=1S/C17H11N3O7S2/c1-27-13-7-9(6-12(15(13)21)20(25)26)8-14-16(22)18(17(28)29-14)10-2-4-11(5-3-10)19(23)24/h2-8,21H,1H3. The van der Waals surface area contributed by atoms with Crippen molar-refractivity contribution in [1.29, 1.82) is 0 Å². The number of nitro groups is 2. The lowest BCUT2D eigenvalue weighted by Gasteiger charge is -2.13. The maximum Gasteiger partial charge on any atom is 0.315 e. The molecule has 29 heavy (non-hydrogen) atoms. The topological polar surface area (TPSA) is 136 Å². The number of carbonyl (C=O) groups excluding carboxylic acids is 1. The molecule has 0 spiro atoms. The van der Waals surface area contributed by atoms with Crippen LogP contribution in [0.25, 0.3) is 6.08 Å². The fraction of sp³-hybridized carbons (Fsp3) is 0.0588. The van der Waals surface area contributed by atoms with Crippen LogP contribution in [0.2, 0.25) is 0 Å². The zero-order chi connectivity index (χ0) is 21.3. The number of carbonyl (C=O) groups is 1. The molecule has 2 aromatic carbocycles. The minimum Gasteiger partial charge on any atom is -0.500 e. The number of benzene rings is 2. The Hall–Kier alpha value is -3.51. The van der Waals surface area contributed by atoms with Gasteiger partial charge in [-0.25, -0.2) is 0 Å². The lowest BCUT2D eigenvalue weighted by Crippen LogP contribution is -2.27. The number of thioether (sulfide) groups is 1. The molecule has 0 aromatic heterocycles. The van der Waals surface area contributed by atoms with Gasteiger partial charge < -0.3 is 9.84 Å². The van der Waals surface area contributed by atoms with Gasteiger partial charge in [-0.2, -0.15) is 0 Å². The molecule has 1 aliphatic rings. The molecule has 0 radical (unpaired) electrons. The van der Waals surface area contributed by atoms with Crippen molar-refractivity contribution >= 4 is 57.3 Å². The van der Waals surface area contributed by atoms with Crippen LogP contribution < -0.4 is 9.64 Å². The van der Waals surface area contributed by atoms with Gasteiger partial charge in [-0.1, -0.05) is 24.0 Å². The van der Waals surface area contributed by atoms with E-state index in [4.69, 9.17) is 17.0 Å². The van der Waals surface area contributed by atoms with Crippen molar-refractivity contribution in [1.82, 2.24) is 0 Å². The highest BCUT2D eigenvalue weighted by atomic mass is 32.2. The minimum absolute atomic E-state index is 0.115. The van der Waals surface area contributed by atoms with Crippen molar-refractivity contribution in [2.24, 2.45) is 0 Å². The second-order valence-corrected chi connectivity index (χ2v) is 7.31. The van der Waals surface area contributed by atoms with Crippen molar-refractivity contribution in [2.45, 2.75) is 0 Å². The summed E-state index contributed by atoms with van der Waals surface area (Å²) in [6.07, 6.45) is 1.39. The molecule has 0 unspecified atom stereocenters. The lowest BCUT2D eigenvalue weighted by atomic mass is 10.1. The Labute approximate surface area is 172 Å². The second kappa shape index (κ2) is 7.85. The molecule has 1 fully saturated rings. The Morgan fingerprint density at radius 2 is 1.83 bits per heavy atom. The summed E-state index contributed by atoms with van der Waals surface area (Å²) < 4.78 is 5.15. The quantitative estimate of drug-likeness (QED) is 0.324. The molecule has 1 N–H and O–H groups in total. The van der Waals surface area contributed by atoms with E-state index in [1.807, 2.05) is 0 Å². The average molecular weight is 433 g/mol. The number of thiocarbonyl (C=S) groups is 1. The molecular weight excluding hydrogens is 422 g/mol. The van der Waals surface area contributed by atoms with Crippen LogP contribution in [-0.2, 0) is 4.79 Å². The van der Waals surface area contributed by atoms with Crippen LogP contribution in [0, 0.1) is 20.2 Å². The number of hydrogen-bond acceptors (Lipinski definition) is 9. The van der Waals surface area contributed by atoms with Crippen LogP contribution in [0.4, 0.5) is 17.1 Å². The van der Waals surface area contributed by atoms with Gasteiger partial charge in [0.1, 0.15) is 0 Å². The Balaban J connectivity index is 1.97. The number of phenolic OH excluding ortho intramolecular Hbond substituents is 1. The Kier molecular flexibility index (Phi) is 5.48. The molecule has 1 saturated heterocycles. The number of aromatic hydroxyl groups is 1. The molecular formula is C17H11N3O7S2. The third kappa shape index (κ3) is 3.88. The van der Waals surface area contributed by atoms with E-state index >= 15 is 0 Å². The fourth-order valence-electron chi connectivity index (χ4n) is 2.56. The largest absolute Gasteiger partial charge is 0.500 e. The second-order valence-electron chi connectivity index (χ2n) is 5.64. The van der Waals surface area contributed by atoms with Crippen LogP contribution in [0.1, 0.15) is 5.56 Å². The van der Waals surface area contributed by atoms with Gasteiger partial charge in [0.2, 0.25) is 5.75 Å². The molecule has 0 atom stereocenters. The van der Waals surface area contributed by atoms with Gasteiger partial charge >= 0.3 is 5.69 Å². The Morgan fingerprint density at radius 1 is 1.17 bits per heavy atom. The van der Waals surface area contributed by atoms with Gasteiger partial charge in [0.05, 0.1) is 27.5 Å². The molecule has 3 rings (SSSR count). The van der Waals surface area contributed by atoms with E-state index in [0.717, 1.165) is 17.8 Å². The smallest absolute Gasteiger partial charge is 0.315 e. The van der Waals surface area contributed by atoms with E-state index in [1.165, 1.54) is 48.4 Å². The number of rotatable bonds is 5. The van der Waals surface area contributed by atoms with Crippen LogP contribution in [0.5, 0.6) is 11.5 Å². The highest BCUT2D eigenvalue weighted by Gasteiger charge is 2.34. The molecule has 10 nitrogen and oxygen atoms in total. The van der Waals surface area contributed by atoms with E-state index in [0.29, 0.717) is 5.69 Å². The molecule has 0 saturated carbocycles. The zero-order valence-corrected chi connectivity index (χ0v) is 16.2. The van der Waals surface area contributed by atoms with Crippen molar-refractivity contribution < 1.29 is 24.5 Å². The predicted molar refractivity (Wildman–Crippen MR) is 110 cm³/mol. The van der Waals surface area contributed by atoms with Gasteiger partial charge in [0.15, 0.2) is 10.1 Å². The molecule has 1 aliphatic heterocycles. The highest BCUT2D eigenvalue weighted by Crippen LogP contribution is 2.40. The van der Waals surface area contributed by atoms with Crippen molar-refractivity contribution in [3.05, 3.63) is 67.1 Å². The molecule has 0 bridgehead atoms. The first kappa shape index (κ1) is 20.2. The number of anilines is 1. The van der Waals surface area contributed by atoms with Crippen LogP contribution >= 0.6 is 24.0 Å². The lowest BCUT2D eigenvalue weighted by molar-refractivity contribution is -0.386. The SMILES string of the molecule is COc1cc(C=C2SC(=S)N(c3ccc([N+](=O)[O-])cc3)C2=O)cc([N+](=O)[O-])c1O. The summed E-state index contributed by atoms with van der Waals surface area (Å²) in [4.78, 5) is 34.8. The number of phenols is 1. The van der Waals surface area contributed by atoms with Crippen molar-refractivity contribution in [3.8, 4) is 11.5 Å². The number of hydrogen-bond donors (Lipinski definition) is 1. The Bertz CT molecular complexity index is 1080. The highest BCUT2D eigenvalue weighted by molar-refractivity contribution is 8.27. The summed E-state index contributed by atoms with van der Waals surface area (Å²) in [5.74, 6) is -1.21. The third-order valence-electron chi connectivity index (χ3n) is 3.90. The molecule has 1 heterocycles. The summed E-state index contributed by atoms with van der Waals surface area (Å²) in [6, 6.07) is 7.77. The maximum absolute atomic E-state index is 12.8. The van der Waals surface area contributed by atoms with Crippen LogP contribution in [-0.4, -0.2) is 32.3 Å². The third-order valence-corrected chi connectivity index (χ3v) is 5.21. The van der Waals surface area contributed by atoms with Crippen molar-refractivity contribution in [3.63, 3.8) is 0 Å². The average Bonchev–Trinajstić information content (AvgIpc) is 2.96. The van der Waals surface area contributed by atoms with Gasteiger partial charge in [-0.3, -0.25) is 29.9 Å². The summed E-state index contributed by atoms with van der Waals surface area (Å²) in [5, 5.41) is 31.8. The molecule has 12 heteroatoms. The first-order chi connectivity index (χ1) is 13.7. The van der Waals surface area contributed by atoms with Crippen LogP contribution in [0.3, 0.4) is 0 Å². The van der Waals surface area contributed by atoms with Gasteiger partial charge in [0, 0.05) is 18.2 Å². The fourth-order valence-corrected chi connectivity index (χ4v) is 3.86. The number of nitrogens with zero attached hydrogens (tertiary/aromatic N) is 3. The molecule has 0 aliphatic carbocycles. The number of non-ortho nitro benzene ring substituents is 1. The van der Waals surface area contributed by atoms with E-state index in [-0.39, 0.29) is 26.2 Å². The van der Waals surface area contributed by atoms with Crippen LogP contribution in [0.15, 0.2) is 41.3 Å². The monoisotopic (exact) mass is 433 g/mol. The van der Waals surface area contributed by atoms with Gasteiger partial charge in [-0.05, 0) is 29.8 Å². The molecule has 148 valence electrons. The van der Waals surface area contributed by atoms with E-state index in [2.05, 4.69) is 0 Å². The zero-order valence-electron chi connectivity index (χ0n) is 14.6. The molecule has 2 aromatic rings.